The lowest BCUT2D eigenvalue weighted by Gasteiger charge is -2.16. The summed E-state index contributed by atoms with van der Waals surface area (Å²) in [5.74, 6) is -1.18. The number of fused-ring (bicyclic) bond motifs is 3. The Hall–Kier alpha value is -3.51. The summed E-state index contributed by atoms with van der Waals surface area (Å²) in [5.41, 5.74) is 0.357. The Morgan fingerprint density at radius 2 is 1.82 bits per heavy atom. The molecule has 1 aliphatic carbocycles. The molecule has 4 aromatic heterocycles. The Balaban J connectivity index is 1.59. The zero-order chi connectivity index (χ0) is 26.8. The predicted octanol–water partition coefficient (Wildman–Crippen LogP) is 7.00. The Kier molecular flexibility index (Phi) is 5.91. The van der Waals surface area contributed by atoms with Gasteiger partial charge in [-0.2, -0.15) is 13.2 Å². The van der Waals surface area contributed by atoms with Gasteiger partial charge in [0.15, 0.2) is 5.82 Å². The van der Waals surface area contributed by atoms with Gasteiger partial charge in [-0.05, 0) is 42.5 Å². The van der Waals surface area contributed by atoms with Crippen molar-refractivity contribution in [3.8, 4) is 11.5 Å². The summed E-state index contributed by atoms with van der Waals surface area (Å²) in [6.07, 6.45) is -2.83. The molecule has 0 saturated heterocycles. The Morgan fingerprint density at radius 1 is 1.08 bits per heavy atom. The van der Waals surface area contributed by atoms with Gasteiger partial charge in [0.25, 0.3) is 12.0 Å². The van der Waals surface area contributed by atoms with E-state index >= 15 is 0 Å². The Labute approximate surface area is 219 Å². The van der Waals surface area contributed by atoms with Gasteiger partial charge in [0.2, 0.25) is 5.82 Å². The van der Waals surface area contributed by atoms with Gasteiger partial charge in [0.1, 0.15) is 10.5 Å². The summed E-state index contributed by atoms with van der Waals surface area (Å²) < 4.78 is 67.8. The van der Waals surface area contributed by atoms with Gasteiger partial charge >= 0.3 is 6.18 Å². The minimum absolute atomic E-state index is 0.00661. The van der Waals surface area contributed by atoms with E-state index < -0.39 is 24.0 Å². The molecule has 6 rings (SSSR count). The van der Waals surface area contributed by atoms with Gasteiger partial charge in [-0.15, -0.1) is 11.3 Å². The van der Waals surface area contributed by atoms with Crippen LogP contribution in [0.3, 0.4) is 0 Å². The molecule has 0 amide bonds. The molecule has 38 heavy (non-hydrogen) atoms. The van der Waals surface area contributed by atoms with Crippen molar-refractivity contribution in [3.63, 3.8) is 0 Å². The van der Waals surface area contributed by atoms with Crippen molar-refractivity contribution in [2.45, 2.75) is 37.9 Å². The fourth-order valence-electron chi connectivity index (χ4n) is 4.33. The number of pyridine rings is 1. The monoisotopic (exact) mass is 563 g/mol. The van der Waals surface area contributed by atoms with E-state index in [0.717, 1.165) is 36.1 Å². The number of aromatic nitrogens is 5. The fourth-order valence-corrected chi connectivity index (χ4v) is 5.68. The third kappa shape index (κ3) is 4.41. The van der Waals surface area contributed by atoms with Crippen LogP contribution in [0.5, 0.6) is 0 Å². The second-order valence-corrected chi connectivity index (χ2v) is 10.4. The van der Waals surface area contributed by atoms with Crippen LogP contribution in [0.15, 0.2) is 47.7 Å². The van der Waals surface area contributed by atoms with Gasteiger partial charge in [-0.1, -0.05) is 17.7 Å². The maximum Gasteiger partial charge on any atom is 0.451 e. The molecular formula is C25H15ClF5N5OS. The van der Waals surface area contributed by atoms with Crippen LogP contribution in [-0.4, -0.2) is 24.5 Å². The molecule has 0 atom stereocenters. The van der Waals surface area contributed by atoms with Crippen LogP contribution in [-0.2, 0) is 12.7 Å². The van der Waals surface area contributed by atoms with Crippen LogP contribution in [0.25, 0.3) is 31.8 Å². The highest BCUT2D eigenvalue weighted by Gasteiger charge is 2.34. The van der Waals surface area contributed by atoms with Crippen molar-refractivity contribution in [2.24, 2.45) is 0 Å². The van der Waals surface area contributed by atoms with Gasteiger partial charge < -0.3 is 0 Å². The molecule has 13 heteroatoms. The average Bonchev–Trinajstić information content (AvgIpc) is 3.65. The Bertz CT molecular complexity index is 1760. The van der Waals surface area contributed by atoms with Gasteiger partial charge in [0, 0.05) is 44.8 Å². The van der Waals surface area contributed by atoms with Crippen LogP contribution in [0.1, 0.15) is 47.7 Å². The minimum atomic E-state index is -4.71. The number of alkyl halides is 5. The largest absolute Gasteiger partial charge is 0.451 e. The number of nitrogens with zero attached hydrogens (tertiary/aromatic N) is 5. The maximum atomic E-state index is 13.9. The number of rotatable bonds is 5. The first kappa shape index (κ1) is 24.8. The van der Waals surface area contributed by atoms with E-state index in [1.165, 1.54) is 22.0 Å². The van der Waals surface area contributed by atoms with Crippen LogP contribution < -0.4 is 5.56 Å². The molecule has 194 valence electrons. The molecule has 5 aromatic rings. The number of thiophene rings is 1. The van der Waals surface area contributed by atoms with Crippen molar-refractivity contribution in [2.75, 3.05) is 0 Å². The van der Waals surface area contributed by atoms with Crippen LogP contribution in [0, 0.1) is 0 Å². The molecule has 0 N–H and O–H groups in total. The van der Waals surface area contributed by atoms with Gasteiger partial charge in [-0.25, -0.2) is 23.7 Å². The van der Waals surface area contributed by atoms with Crippen LogP contribution in [0.2, 0.25) is 5.02 Å². The molecule has 1 fully saturated rings. The summed E-state index contributed by atoms with van der Waals surface area (Å²) in [5, 5.41) is 1.42. The number of hydrogen-bond acceptors (Lipinski definition) is 6. The molecule has 1 saturated carbocycles. The summed E-state index contributed by atoms with van der Waals surface area (Å²) in [6, 6.07) is 6.45. The number of hydrogen-bond donors (Lipinski definition) is 0. The van der Waals surface area contributed by atoms with E-state index in [1.54, 1.807) is 18.2 Å². The van der Waals surface area contributed by atoms with Crippen molar-refractivity contribution in [3.05, 3.63) is 80.7 Å². The minimum Gasteiger partial charge on any atom is -0.286 e. The molecule has 0 bridgehead atoms. The third-order valence-corrected chi connectivity index (χ3v) is 7.56. The highest BCUT2D eigenvalue weighted by Crippen LogP contribution is 2.45. The number of benzene rings is 1. The molecule has 0 spiro atoms. The Morgan fingerprint density at radius 3 is 2.47 bits per heavy atom. The molecule has 1 aliphatic rings. The quantitative estimate of drug-likeness (QED) is 0.215. The molecule has 0 radical (unpaired) electrons. The van der Waals surface area contributed by atoms with E-state index in [9.17, 15) is 26.7 Å². The first-order chi connectivity index (χ1) is 18.1. The summed E-state index contributed by atoms with van der Waals surface area (Å²) in [4.78, 5) is 30.1. The first-order valence-corrected chi connectivity index (χ1v) is 12.6. The van der Waals surface area contributed by atoms with Gasteiger partial charge in [-0.3, -0.25) is 14.3 Å². The lowest BCUT2D eigenvalue weighted by molar-refractivity contribution is -0.145. The van der Waals surface area contributed by atoms with E-state index in [4.69, 9.17) is 16.6 Å². The SMILES string of the molecule is O=c1c2c(nc(-c3ncc(C(F)F)cc3C3CC3)n1Cc1cnc(C(F)(F)F)nc1)sc1cc(Cl)ccc12. The van der Waals surface area contributed by atoms with E-state index in [1.807, 2.05) is 0 Å². The lowest BCUT2D eigenvalue weighted by Crippen LogP contribution is -2.25. The van der Waals surface area contributed by atoms with Crippen molar-refractivity contribution < 1.29 is 22.0 Å². The second kappa shape index (κ2) is 9.05. The van der Waals surface area contributed by atoms with Crippen molar-refractivity contribution in [1.82, 2.24) is 24.5 Å². The van der Waals surface area contributed by atoms with E-state index in [2.05, 4.69) is 15.0 Å². The highest BCUT2D eigenvalue weighted by molar-refractivity contribution is 7.25. The van der Waals surface area contributed by atoms with E-state index in [-0.39, 0.29) is 35.1 Å². The maximum absolute atomic E-state index is 13.9. The third-order valence-electron chi connectivity index (χ3n) is 6.27. The predicted molar refractivity (Wildman–Crippen MR) is 133 cm³/mol. The van der Waals surface area contributed by atoms with Gasteiger partial charge in [0.05, 0.1) is 11.9 Å². The molecule has 0 unspecified atom stereocenters. The summed E-state index contributed by atoms with van der Waals surface area (Å²) in [6.45, 7) is -0.206. The van der Waals surface area contributed by atoms with Crippen LogP contribution >= 0.6 is 22.9 Å². The molecule has 0 aliphatic heterocycles. The molecule has 1 aromatic carbocycles. The zero-order valence-electron chi connectivity index (χ0n) is 19.1. The molecule has 4 heterocycles. The highest BCUT2D eigenvalue weighted by atomic mass is 35.5. The van der Waals surface area contributed by atoms with Crippen molar-refractivity contribution in [1.29, 1.82) is 0 Å². The topological polar surface area (TPSA) is 73.6 Å². The summed E-state index contributed by atoms with van der Waals surface area (Å²) in [7, 11) is 0. The lowest BCUT2D eigenvalue weighted by atomic mass is 10.1. The smallest absolute Gasteiger partial charge is 0.286 e. The molecular weight excluding hydrogens is 549 g/mol. The van der Waals surface area contributed by atoms with E-state index in [0.29, 0.717) is 26.2 Å². The fraction of sp³-hybridized carbons (Fsp3) is 0.240. The molecule has 6 nitrogen and oxygen atoms in total. The number of halogens is 6. The second-order valence-electron chi connectivity index (χ2n) is 8.94. The van der Waals surface area contributed by atoms with Crippen molar-refractivity contribution >= 4 is 43.2 Å². The normalized spacial score (nSPS) is 14.2. The summed E-state index contributed by atoms with van der Waals surface area (Å²) >= 11 is 7.39. The standard InChI is InChI=1S/C25H15ClF5N5OS/c26-14-3-4-15-17(6-14)38-22-18(15)23(37)36(10-11-7-33-24(34-8-11)25(29,30)31)21(35-22)19-16(12-1-2-12)5-13(9-32-19)20(27)28/h3-9,12,20H,1-2,10H2. The average molecular weight is 564 g/mol. The zero-order valence-corrected chi connectivity index (χ0v) is 20.7. The van der Waals surface area contributed by atoms with Crippen LogP contribution in [0.4, 0.5) is 22.0 Å². The first-order valence-electron chi connectivity index (χ1n) is 11.4.